The summed E-state index contributed by atoms with van der Waals surface area (Å²) < 4.78 is 0.770. The zero-order chi connectivity index (χ0) is 10.0. The van der Waals surface area contributed by atoms with Crippen molar-refractivity contribution >= 4 is 33.5 Å². The zero-order valence-electron chi connectivity index (χ0n) is 6.92. The van der Waals surface area contributed by atoms with E-state index in [1.54, 1.807) is 25.1 Å². The van der Waals surface area contributed by atoms with Crippen LogP contribution in [0.2, 0.25) is 5.02 Å². The molecule has 1 atom stereocenters. The summed E-state index contributed by atoms with van der Waals surface area (Å²) in [4.78, 5) is 10.7. The molecule has 1 aromatic rings. The number of benzene rings is 1. The third-order valence-corrected chi connectivity index (χ3v) is 2.75. The van der Waals surface area contributed by atoms with Crippen LogP contribution in [0.3, 0.4) is 0 Å². The fraction of sp³-hybridized carbons (Fsp3) is 0.222. The van der Waals surface area contributed by atoms with Gasteiger partial charge < -0.3 is 5.11 Å². The average molecular weight is 264 g/mol. The topological polar surface area (TPSA) is 37.3 Å². The number of carboxylic acid groups (broad SMARTS) is 1. The van der Waals surface area contributed by atoms with Crippen LogP contribution >= 0.6 is 27.5 Å². The van der Waals surface area contributed by atoms with E-state index in [2.05, 4.69) is 15.9 Å². The van der Waals surface area contributed by atoms with Crippen LogP contribution in [0.5, 0.6) is 0 Å². The summed E-state index contributed by atoms with van der Waals surface area (Å²) >= 11 is 9.03. The van der Waals surface area contributed by atoms with Crippen molar-refractivity contribution in [2.75, 3.05) is 0 Å². The molecule has 1 rings (SSSR count). The van der Waals surface area contributed by atoms with Crippen LogP contribution in [0, 0.1) is 0 Å². The number of carboxylic acids is 1. The zero-order valence-corrected chi connectivity index (χ0v) is 9.26. The second-order valence-electron chi connectivity index (χ2n) is 2.73. The smallest absolute Gasteiger partial charge is 0.310 e. The highest BCUT2D eigenvalue weighted by atomic mass is 79.9. The summed E-state index contributed by atoms with van der Waals surface area (Å²) in [5.41, 5.74) is 0.694. The van der Waals surface area contributed by atoms with Gasteiger partial charge in [0.05, 0.1) is 5.92 Å². The third-order valence-electron chi connectivity index (χ3n) is 1.79. The Kier molecular flexibility index (Phi) is 3.33. The van der Waals surface area contributed by atoms with Gasteiger partial charge in [-0.25, -0.2) is 0 Å². The first-order chi connectivity index (χ1) is 6.02. The molecule has 2 nitrogen and oxygen atoms in total. The van der Waals surface area contributed by atoms with Crippen molar-refractivity contribution in [3.05, 3.63) is 33.3 Å². The van der Waals surface area contributed by atoms with Gasteiger partial charge in [0.25, 0.3) is 0 Å². The predicted molar refractivity (Wildman–Crippen MR) is 55.2 cm³/mol. The Balaban J connectivity index is 3.12. The maximum absolute atomic E-state index is 10.7. The maximum Gasteiger partial charge on any atom is 0.310 e. The standard InChI is InChI=1S/C9H8BrClO2/c1-5(9(12)13)7-4-6(11)2-3-8(7)10/h2-5H,1H3,(H,12,13). The Morgan fingerprint density at radius 2 is 2.23 bits per heavy atom. The Hall–Kier alpha value is -0.540. The lowest BCUT2D eigenvalue weighted by atomic mass is 10.0. The number of hydrogen-bond acceptors (Lipinski definition) is 1. The van der Waals surface area contributed by atoms with Crippen LogP contribution in [0.25, 0.3) is 0 Å². The quantitative estimate of drug-likeness (QED) is 0.889. The summed E-state index contributed by atoms with van der Waals surface area (Å²) in [6.45, 7) is 1.62. The summed E-state index contributed by atoms with van der Waals surface area (Å²) in [7, 11) is 0. The summed E-state index contributed by atoms with van der Waals surface area (Å²) in [5.74, 6) is -1.41. The Morgan fingerprint density at radius 3 is 2.77 bits per heavy atom. The molecule has 0 fully saturated rings. The molecule has 0 saturated heterocycles. The monoisotopic (exact) mass is 262 g/mol. The largest absolute Gasteiger partial charge is 0.481 e. The average Bonchev–Trinajstić information content (AvgIpc) is 2.08. The van der Waals surface area contributed by atoms with Crippen molar-refractivity contribution in [1.82, 2.24) is 0 Å². The molecule has 0 aliphatic carbocycles. The molecule has 4 heteroatoms. The SMILES string of the molecule is CC(C(=O)O)c1cc(Cl)ccc1Br. The van der Waals surface area contributed by atoms with Gasteiger partial charge in [-0.3, -0.25) is 4.79 Å². The fourth-order valence-corrected chi connectivity index (χ4v) is 1.75. The van der Waals surface area contributed by atoms with E-state index in [-0.39, 0.29) is 0 Å². The molecule has 13 heavy (non-hydrogen) atoms. The number of aliphatic carboxylic acids is 1. The molecule has 1 N–H and O–H groups in total. The van der Waals surface area contributed by atoms with Crippen molar-refractivity contribution in [2.45, 2.75) is 12.8 Å². The molecule has 1 aromatic carbocycles. The van der Waals surface area contributed by atoms with Crippen molar-refractivity contribution in [1.29, 1.82) is 0 Å². The van der Waals surface area contributed by atoms with Crippen molar-refractivity contribution in [2.24, 2.45) is 0 Å². The van der Waals surface area contributed by atoms with Gasteiger partial charge in [-0.1, -0.05) is 27.5 Å². The maximum atomic E-state index is 10.7. The molecule has 0 bridgehead atoms. The summed E-state index contributed by atoms with van der Waals surface area (Å²) in [6.07, 6.45) is 0. The lowest BCUT2D eigenvalue weighted by molar-refractivity contribution is -0.138. The van der Waals surface area contributed by atoms with Gasteiger partial charge in [0, 0.05) is 9.50 Å². The van der Waals surface area contributed by atoms with E-state index in [0.29, 0.717) is 10.6 Å². The van der Waals surface area contributed by atoms with Crippen LogP contribution in [-0.4, -0.2) is 11.1 Å². The first kappa shape index (κ1) is 10.5. The van der Waals surface area contributed by atoms with E-state index in [1.807, 2.05) is 0 Å². The normalized spacial score (nSPS) is 12.5. The van der Waals surface area contributed by atoms with Gasteiger partial charge in [0.2, 0.25) is 0 Å². The van der Waals surface area contributed by atoms with E-state index < -0.39 is 11.9 Å². The lowest BCUT2D eigenvalue weighted by Gasteiger charge is -2.08. The number of rotatable bonds is 2. The number of halogens is 2. The molecule has 1 unspecified atom stereocenters. The molecule has 70 valence electrons. The minimum absolute atomic E-state index is 0.548. The van der Waals surface area contributed by atoms with Gasteiger partial charge in [0.1, 0.15) is 0 Å². The first-order valence-electron chi connectivity index (χ1n) is 3.70. The van der Waals surface area contributed by atoms with Crippen LogP contribution in [0.15, 0.2) is 22.7 Å². The van der Waals surface area contributed by atoms with Crippen molar-refractivity contribution < 1.29 is 9.90 Å². The highest BCUT2D eigenvalue weighted by Gasteiger charge is 2.16. The van der Waals surface area contributed by atoms with E-state index in [9.17, 15) is 4.79 Å². The van der Waals surface area contributed by atoms with Gasteiger partial charge in [-0.2, -0.15) is 0 Å². The van der Waals surface area contributed by atoms with Crippen LogP contribution in [-0.2, 0) is 4.79 Å². The van der Waals surface area contributed by atoms with Crippen molar-refractivity contribution in [3.8, 4) is 0 Å². The summed E-state index contributed by atoms with van der Waals surface area (Å²) in [5, 5.41) is 9.33. The van der Waals surface area contributed by atoms with E-state index in [4.69, 9.17) is 16.7 Å². The number of hydrogen-bond donors (Lipinski definition) is 1. The fourth-order valence-electron chi connectivity index (χ4n) is 0.979. The Labute approximate surface area is 89.7 Å². The molecule has 0 aliphatic rings. The minimum Gasteiger partial charge on any atom is -0.481 e. The van der Waals surface area contributed by atoms with E-state index in [1.165, 1.54) is 0 Å². The highest BCUT2D eigenvalue weighted by Crippen LogP contribution is 2.27. The Bertz CT molecular complexity index is 338. The minimum atomic E-state index is -0.858. The van der Waals surface area contributed by atoms with Crippen LogP contribution < -0.4 is 0 Å². The van der Waals surface area contributed by atoms with E-state index >= 15 is 0 Å². The van der Waals surface area contributed by atoms with Gasteiger partial charge >= 0.3 is 5.97 Å². The molecule has 0 heterocycles. The molecule has 0 saturated carbocycles. The second kappa shape index (κ2) is 4.11. The van der Waals surface area contributed by atoms with Crippen LogP contribution in [0.4, 0.5) is 0 Å². The third kappa shape index (κ3) is 2.45. The highest BCUT2D eigenvalue weighted by molar-refractivity contribution is 9.10. The lowest BCUT2D eigenvalue weighted by Crippen LogP contribution is -2.07. The first-order valence-corrected chi connectivity index (χ1v) is 4.87. The molecule has 0 radical (unpaired) electrons. The molecular weight excluding hydrogens is 255 g/mol. The molecule has 0 aliphatic heterocycles. The Morgan fingerprint density at radius 1 is 1.62 bits per heavy atom. The van der Waals surface area contributed by atoms with E-state index in [0.717, 1.165) is 4.47 Å². The van der Waals surface area contributed by atoms with Crippen molar-refractivity contribution in [3.63, 3.8) is 0 Å². The van der Waals surface area contributed by atoms with Gasteiger partial charge in [0.15, 0.2) is 0 Å². The molecule has 0 spiro atoms. The molecule has 0 amide bonds. The second-order valence-corrected chi connectivity index (χ2v) is 4.02. The summed E-state index contributed by atoms with van der Waals surface area (Å²) in [6, 6.07) is 5.12. The predicted octanol–water partition coefficient (Wildman–Crippen LogP) is 3.29. The van der Waals surface area contributed by atoms with Gasteiger partial charge in [-0.15, -0.1) is 0 Å². The number of carbonyl (C=O) groups is 1. The van der Waals surface area contributed by atoms with Gasteiger partial charge in [-0.05, 0) is 30.7 Å². The molecule has 0 aromatic heterocycles. The van der Waals surface area contributed by atoms with Crippen LogP contribution in [0.1, 0.15) is 18.4 Å². The molecular formula is C9H8BrClO2.